The first-order valence-corrected chi connectivity index (χ1v) is 10.5. The van der Waals surface area contributed by atoms with Crippen LogP contribution in [0.5, 0.6) is 0 Å². The fourth-order valence-electron chi connectivity index (χ4n) is 3.05. The van der Waals surface area contributed by atoms with Crippen molar-refractivity contribution in [2.24, 2.45) is 5.92 Å². The molecule has 1 saturated heterocycles. The van der Waals surface area contributed by atoms with Crippen molar-refractivity contribution < 1.29 is 17.9 Å². The molecule has 2 amide bonds. The lowest BCUT2D eigenvalue weighted by Crippen LogP contribution is -2.40. The SMILES string of the molecule is COCCCNC(=O)NCCC1CCN(S(=O)(=O)c2ccccc2)CC1. The Morgan fingerprint density at radius 3 is 2.46 bits per heavy atom. The van der Waals surface area contributed by atoms with Crippen molar-refractivity contribution in [3.8, 4) is 0 Å². The van der Waals surface area contributed by atoms with Gasteiger partial charge >= 0.3 is 6.03 Å². The van der Waals surface area contributed by atoms with Crippen LogP contribution >= 0.6 is 0 Å². The van der Waals surface area contributed by atoms with Gasteiger partial charge < -0.3 is 15.4 Å². The molecule has 1 aliphatic rings. The molecule has 1 fully saturated rings. The molecule has 1 heterocycles. The second-order valence-electron chi connectivity index (χ2n) is 6.48. The Bertz CT molecular complexity index is 644. The number of urea groups is 1. The summed E-state index contributed by atoms with van der Waals surface area (Å²) in [5.41, 5.74) is 0. The topological polar surface area (TPSA) is 87.7 Å². The summed E-state index contributed by atoms with van der Waals surface area (Å²) in [6.45, 7) is 2.89. The van der Waals surface area contributed by atoms with Gasteiger partial charge in [-0.2, -0.15) is 4.31 Å². The largest absolute Gasteiger partial charge is 0.385 e. The molecule has 0 aliphatic carbocycles. The third-order valence-corrected chi connectivity index (χ3v) is 6.52. The number of piperidine rings is 1. The standard InChI is InChI=1S/C18H29N3O4S/c1-25-15-5-11-19-18(22)20-12-8-16-9-13-21(14-10-16)26(23,24)17-6-3-2-4-7-17/h2-4,6-7,16H,5,8-15H2,1H3,(H2,19,20,22). The van der Waals surface area contributed by atoms with Crippen molar-refractivity contribution in [3.05, 3.63) is 30.3 Å². The molecule has 26 heavy (non-hydrogen) atoms. The van der Waals surface area contributed by atoms with Gasteiger partial charge in [0.1, 0.15) is 0 Å². The summed E-state index contributed by atoms with van der Waals surface area (Å²) >= 11 is 0. The second-order valence-corrected chi connectivity index (χ2v) is 8.42. The van der Waals surface area contributed by atoms with Crippen LogP contribution in [0.25, 0.3) is 0 Å². The molecule has 146 valence electrons. The minimum atomic E-state index is -3.39. The molecule has 0 radical (unpaired) electrons. The number of nitrogens with one attached hydrogen (secondary N) is 2. The van der Waals surface area contributed by atoms with Crippen LogP contribution in [0.2, 0.25) is 0 Å². The number of amides is 2. The van der Waals surface area contributed by atoms with Gasteiger partial charge in [-0.25, -0.2) is 13.2 Å². The van der Waals surface area contributed by atoms with E-state index in [0.717, 1.165) is 25.7 Å². The van der Waals surface area contributed by atoms with Gasteiger partial charge in [0.25, 0.3) is 0 Å². The van der Waals surface area contributed by atoms with Crippen LogP contribution in [0.1, 0.15) is 25.7 Å². The molecule has 0 unspecified atom stereocenters. The molecule has 0 saturated carbocycles. The number of methoxy groups -OCH3 is 1. The van der Waals surface area contributed by atoms with Crippen LogP contribution in [0.3, 0.4) is 0 Å². The molecule has 2 rings (SSSR count). The summed E-state index contributed by atoms with van der Waals surface area (Å²) in [7, 11) is -1.76. The highest BCUT2D eigenvalue weighted by molar-refractivity contribution is 7.89. The van der Waals surface area contributed by atoms with E-state index in [9.17, 15) is 13.2 Å². The molecule has 0 atom stereocenters. The van der Waals surface area contributed by atoms with E-state index in [1.54, 1.807) is 35.7 Å². The molecular formula is C18H29N3O4S. The van der Waals surface area contributed by atoms with Crippen LogP contribution < -0.4 is 10.6 Å². The Hall–Kier alpha value is -1.64. The van der Waals surface area contributed by atoms with Gasteiger partial charge in [0.2, 0.25) is 10.0 Å². The summed E-state index contributed by atoms with van der Waals surface area (Å²) in [6, 6.07) is 8.40. The second kappa shape index (κ2) is 10.5. The first kappa shape index (κ1) is 20.7. The van der Waals surface area contributed by atoms with Gasteiger partial charge in [-0.3, -0.25) is 0 Å². The van der Waals surface area contributed by atoms with Crippen LogP contribution in [0.4, 0.5) is 4.79 Å². The van der Waals surface area contributed by atoms with E-state index in [2.05, 4.69) is 10.6 Å². The van der Waals surface area contributed by atoms with Crippen molar-refractivity contribution in [2.75, 3.05) is 39.9 Å². The number of rotatable bonds is 9. The van der Waals surface area contributed by atoms with Gasteiger partial charge in [0.05, 0.1) is 4.90 Å². The minimum absolute atomic E-state index is 0.162. The van der Waals surface area contributed by atoms with Gasteiger partial charge in [0, 0.05) is 39.9 Å². The maximum Gasteiger partial charge on any atom is 0.314 e. The van der Waals surface area contributed by atoms with E-state index in [4.69, 9.17) is 4.74 Å². The average molecular weight is 384 g/mol. The first-order valence-electron chi connectivity index (χ1n) is 9.10. The molecular weight excluding hydrogens is 354 g/mol. The Morgan fingerprint density at radius 2 is 1.81 bits per heavy atom. The molecule has 2 N–H and O–H groups in total. The van der Waals surface area contributed by atoms with Crippen molar-refractivity contribution in [1.82, 2.24) is 14.9 Å². The fourth-order valence-corrected chi connectivity index (χ4v) is 4.54. The first-order chi connectivity index (χ1) is 12.5. The van der Waals surface area contributed by atoms with E-state index in [-0.39, 0.29) is 6.03 Å². The van der Waals surface area contributed by atoms with Gasteiger partial charge in [-0.05, 0) is 43.7 Å². The number of benzene rings is 1. The minimum Gasteiger partial charge on any atom is -0.385 e. The summed E-state index contributed by atoms with van der Waals surface area (Å²) in [6.07, 6.45) is 3.30. The zero-order valence-corrected chi connectivity index (χ0v) is 16.1. The highest BCUT2D eigenvalue weighted by atomic mass is 32.2. The predicted molar refractivity (Wildman–Crippen MR) is 100 cm³/mol. The molecule has 0 spiro atoms. The Balaban J connectivity index is 1.67. The molecule has 1 aromatic carbocycles. The lowest BCUT2D eigenvalue weighted by atomic mass is 9.95. The van der Waals surface area contributed by atoms with Crippen LogP contribution in [0, 0.1) is 5.92 Å². The highest BCUT2D eigenvalue weighted by Crippen LogP contribution is 2.25. The molecule has 0 aromatic heterocycles. The molecule has 1 aromatic rings. The van der Waals surface area contributed by atoms with E-state index < -0.39 is 10.0 Å². The quantitative estimate of drug-likeness (QED) is 0.637. The summed E-state index contributed by atoms with van der Waals surface area (Å²) in [5.74, 6) is 0.436. The van der Waals surface area contributed by atoms with Crippen molar-refractivity contribution in [3.63, 3.8) is 0 Å². The predicted octanol–water partition coefficient (Wildman–Crippen LogP) is 1.81. The van der Waals surface area contributed by atoms with Gasteiger partial charge in [-0.15, -0.1) is 0 Å². The maximum atomic E-state index is 12.6. The van der Waals surface area contributed by atoms with E-state index in [1.807, 2.05) is 6.07 Å². The zero-order valence-electron chi connectivity index (χ0n) is 15.3. The lowest BCUT2D eigenvalue weighted by Gasteiger charge is -2.31. The average Bonchev–Trinajstić information content (AvgIpc) is 2.66. The molecule has 1 aliphatic heterocycles. The number of ether oxygens (including phenoxy) is 1. The summed E-state index contributed by atoms with van der Waals surface area (Å²) in [4.78, 5) is 12.0. The molecule has 0 bridgehead atoms. The van der Waals surface area contributed by atoms with E-state index >= 15 is 0 Å². The van der Waals surface area contributed by atoms with Crippen LogP contribution in [0.15, 0.2) is 35.2 Å². The zero-order chi connectivity index (χ0) is 18.8. The highest BCUT2D eigenvalue weighted by Gasteiger charge is 2.28. The van der Waals surface area contributed by atoms with E-state index in [1.165, 1.54) is 0 Å². The van der Waals surface area contributed by atoms with E-state index in [0.29, 0.717) is 43.6 Å². The summed E-state index contributed by atoms with van der Waals surface area (Å²) < 4.78 is 31.7. The van der Waals surface area contributed by atoms with Gasteiger partial charge in [-0.1, -0.05) is 18.2 Å². The van der Waals surface area contributed by atoms with Crippen LogP contribution in [-0.4, -0.2) is 58.6 Å². The Kier molecular flexibility index (Phi) is 8.34. The van der Waals surface area contributed by atoms with Crippen molar-refractivity contribution in [2.45, 2.75) is 30.6 Å². The fraction of sp³-hybridized carbons (Fsp3) is 0.611. The number of hydrogen-bond donors (Lipinski definition) is 2. The Labute approximate surface area is 156 Å². The normalized spacial score (nSPS) is 16.3. The lowest BCUT2D eigenvalue weighted by molar-refractivity contribution is 0.193. The molecule has 7 nitrogen and oxygen atoms in total. The van der Waals surface area contributed by atoms with Crippen LogP contribution in [-0.2, 0) is 14.8 Å². The summed E-state index contributed by atoms with van der Waals surface area (Å²) in [5, 5.41) is 5.63. The maximum absolute atomic E-state index is 12.6. The number of sulfonamides is 1. The monoisotopic (exact) mass is 383 g/mol. The van der Waals surface area contributed by atoms with Crippen molar-refractivity contribution in [1.29, 1.82) is 0 Å². The Morgan fingerprint density at radius 1 is 1.15 bits per heavy atom. The number of carbonyl (C=O) groups excluding carboxylic acids is 1. The number of carbonyl (C=O) groups is 1. The third-order valence-electron chi connectivity index (χ3n) is 4.60. The number of nitrogens with zero attached hydrogens (tertiary/aromatic N) is 1. The van der Waals surface area contributed by atoms with Gasteiger partial charge in [0.15, 0.2) is 0 Å². The molecule has 8 heteroatoms. The smallest absolute Gasteiger partial charge is 0.314 e. The van der Waals surface area contributed by atoms with Crippen molar-refractivity contribution >= 4 is 16.1 Å². The number of hydrogen-bond acceptors (Lipinski definition) is 4. The third kappa shape index (κ3) is 6.26.